The maximum atomic E-state index is 11.5. The molecule has 1 unspecified atom stereocenters. The van der Waals surface area contributed by atoms with Crippen LogP contribution in [0.3, 0.4) is 0 Å². The fraction of sp³-hybridized carbons (Fsp3) is 0.588. The zero-order valence-corrected chi connectivity index (χ0v) is 15.4. The molecule has 0 spiro atoms. The zero-order chi connectivity index (χ0) is 17.6. The van der Waals surface area contributed by atoms with Crippen LogP contribution in [0.15, 0.2) is 23.2 Å². The maximum Gasteiger partial charge on any atom is 0.191 e. The second-order valence-electron chi connectivity index (χ2n) is 6.17. The van der Waals surface area contributed by atoms with Gasteiger partial charge in [-0.1, -0.05) is 18.2 Å². The quantitative estimate of drug-likeness (QED) is 0.459. The van der Waals surface area contributed by atoms with Crippen LogP contribution >= 0.6 is 0 Å². The molecule has 0 amide bonds. The van der Waals surface area contributed by atoms with Crippen LogP contribution in [0.1, 0.15) is 24.0 Å². The smallest absolute Gasteiger partial charge is 0.191 e. The number of aryl methyl sites for hydroxylation is 2. The van der Waals surface area contributed by atoms with Gasteiger partial charge in [-0.05, 0) is 37.8 Å². The summed E-state index contributed by atoms with van der Waals surface area (Å²) >= 11 is 0. The molecule has 0 radical (unpaired) electrons. The standard InChI is InChI=1S/C17H27N3O3S/c1-13-6-4-7-14(2)16(13)23-10-5-9-19-17(18-3)20-15-8-11-24(21,22)12-15/h4,6-7,15H,5,8-12H2,1-3H3,(H2,18,19,20). The molecule has 0 aliphatic carbocycles. The molecular formula is C17H27N3O3S. The van der Waals surface area contributed by atoms with Gasteiger partial charge in [0.2, 0.25) is 0 Å². The third kappa shape index (κ3) is 5.40. The first-order chi connectivity index (χ1) is 11.4. The Morgan fingerprint density at radius 2 is 2.04 bits per heavy atom. The number of rotatable bonds is 6. The predicted octanol–water partition coefficient (Wildman–Crippen LogP) is 1.42. The van der Waals surface area contributed by atoms with E-state index in [0.717, 1.165) is 23.3 Å². The Morgan fingerprint density at radius 1 is 1.33 bits per heavy atom. The molecule has 1 saturated heterocycles. The van der Waals surface area contributed by atoms with Crippen molar-refractivity contribution in [3.63, 3.8) is 0 Å². The molecular weight excluding hydrogens is 326 g/mol. The predicted molar refractivity (Wildman–Crippen MR) is 97.6 cm³/mol. The summed E-state index contributed by atoms with van der Waals surface area (Å²) in [7, 11) is -1.20. The van der Waals surface area contributed by atoms with E-state index in [9.17, 15) is 8.42 Å². The Labute approximate surface area is 144 Å². The van der Waals surface area contributed by atoms with E-state index < -0.39 is 9.84 Å². The van der Waals surface area contributed by atoms with E-state index in [1.807, 2.05) is 32.0 Å². The van der Waals surface area contributed by atoms with Crippen LogP contribution in [-0.2, 0) is 9.84 Å². The van der Waals surface area contributed by atoms with Gasteiger partial charge in [0.15, 0.2) is 15.8 Å². The lowest BCUT2D eigenvalue weighted by molar-refractivity contribution is 0.307. The molecule has 1 fully saturated rings. The van der Waals surface area contributed by atoms with E-state index in [2.05, 4.69) is 15.6 Å². The molecule has 2 rings (SSSR count). The number of guanidine groups is 1. The molecule has 1 aliphatic rings. The Morgan fingerprint density at radius 3 is 2.62 bits per heavy atom. The van der Waals surface area contributed by atoms with Gasteiger partial charge in [-0.2, -0.15) is 0 Å². The lowest BCUT2D eigenvalue weighted by Crippen LogP contribution is -2.44. The number of sulfone groups is 1. The third-order valence-corrected chi connectivity index (χ3v) is 5.83. The highest BCUT2D eigenvalue weighted by Gasteiger charge is 2.28. The minimum Gasteiger partial charge on any atom is -0.493 e. The first-order valence-corrected chi connectivity index (χ1v) is 10.1. The van der Waals surface area contributed by atoms with Crippen LogP contribution in [-0.4, -0.2) is 52.1 Å². The van der Waals surface area contributed by atoms with Crippen molar-refractivity contribution < 1.29 is 13.2 Å². The van der Waals surface area contributed by atoms with Crippen molar-refractivity contribution in [2.75, 3.05) is 31.7 Å². The molecule has 0 saturated carbocycles. The average Bonchev–Trinajstić information content (AvgIpc) is 2.87. The molecule has 134 valence electrons. The van der Waals surface area contributed by atoms with Gasteiger partial charge in [0.25, 0.3) is 0 Å². The number of benzene rings is 1. The minimum atomic E-state index is -2.88. The Kier molecular flexibility index (Phi) is 6.48. The van der Waals surface area contributed by atoms with Crippen LogP contribution in [0, 0.1) is 13.8 Å². The Balaban J connectivity index is 1.69. The molecule has 24 heavy (non-hydrogen) atoms. The first-order valence-electron chi connectivity index (χ1n) is 8.28. The van der Waals surface area contributed by atoms with E-state index in [4.69, 9.17) is 4.74 Å². The lowest BCUT2D eigenvalue weighted by atomic mass is 10.1. The van der Waals surface area contributed by atoms with Crippen LogP contribution in [0.5, 0.6) is 5.75 Å². The van der Waals surface area contributed by atoms with Crippen molar-refractivity contribution in [3.8, 4) is 5.75 Å². The molecule has 1 atom stereocenters. The number of nitrogens with one attached hydrogen (secondary N) is 2. The Hall–Kier alpha value is -1.76. The largest absolute Gasteiger partial charge is 0.493 e. The van der Waals surface area contributed by atoms with E-state index >= 15 is 0 Å². The summed E-state index contributed by atoms with van der Waals surface area (Å²) in [5.74, 6) is 2.04. The molecule has 2 N–H and O–H groups in total. The van der Waals surface area contributed by atoms with Gasteiger partial charge in [-0.15, -0.1) is 0 Å². The summed E-state index contributed by atoms with van der Waals surface area (Å²) in [6, 6.07) is 6.06. The second kappa shape index (κ2) is 8.37. The van der Waals surface area contributed by atoms with Gasteiger partial charge in [0.1, 0.15) is 5.75 Å². The Bertz CT molecular complexity index is 666. The SMILES string of the molecule is CN=C(NCCCOc1c(C)cccc1C)NC1CCS(=O)(=O)C1. The normalized spacial score (nSPS) is 20.0. The molecule has 0 aromatic heterocycles. The average molecular weight is 353 g/mol. The highest BCUT2D eigenvalue weighted by atomic mass is 32.2. The summed E-state index contributed by atoms with van der Waals surface area (Å²) in [5, 5.41) is 6.37. The molecule has 1 aromatic rings. The highest BCUT2D eigenvalue weighted by molar-refractivity contribution is 7.91. The topological polar surface area (TPSA) is 79.8 Å². The van der Waals surface area contributed by atoms with Gasteiger partial charge in [0.05, 0.1) is 18.1 Å². The lowest BCUT2D eigenvalue weighted by Gasteiger charge is -2.16. The number of nitrogens with zero attached hydrogens (tertiary/aromatic N) is 1. The number of hydrogen-bond donors (Lipinski definition) is 2. The maximum absolute atomic E-state index is 11.5. The van der Waals surface area contributed by atoms with E-state index in [-0.39, 0.29) is 17.5 Å². The van der Waals surface area contributed by atoms with Crippen LogP contribution < -0.4 is 15.4 Å². The number of aliphatic imine (C=N–C) groups is 1. The highest BCUT2D eigenvalue weighted by Crippen LogP contribution is 2.22. The van der Waals surface area contributed by atoms with Gasteiger partial charge in [-0.3, -0.25) is 4.99 Å². The van der Waals surface area contributed by atoms with Gasteiger partial charge in [-0.25, -0.2) is 8.42 Å². The second-order valence-corrected chi connectivity index (χ2v) is 8.39. The van der Waals surface area contributed by atoms with Crippen molar-refractivity contribution in [1.29, 1.82) is 0 Å². The van der Waals surface area contributed by atoms with Gasteiger partial charge >= 0.3 is 0 Å². The summed E-state index contributed by atoms with van der Waals surface area (Å²) in [4.78, 5) is 4.14. The summed E-state index contributed by atoms with van der Waals surface area (Å²) in [6.07, 6.45) is 1.47. The molecule has 1 aliphatic heterocycles. The van der Waals surface area contributed by atoms with Crippen molar-refractivity contribution >= 4 is 15.8 Å². The van der Waals surface area contributed by atoms with E-state index in [1.165, 1.54) is 0 Å². The van der Waals surface area contributed by atoms with Crippen molar-refractivity contribution in [2.24, 2.45) is 4.99 Å². The van der Waals surface area contributed by atoms with Crippen LogP contribution in [0.25, 0.3) is 0 Å². The molecule has 1 aromatic carbocycles. The van der Waals surface area contributed by atoms with Crippen molar-refractivity contribution in [2.45, 2.75) is 32.7 Å². The zero-order valence-electron chi connectivity index (χ0n) is 14.6. The van der Waals surface area contributed by atoms with Crippen LogP contribution in [0.2, 0.25) is 0 Å². The van der Waals surface area contributed by atoms with Crippen molar-refractivity contribution in [1.82, 2.24) is 10.6 Å². The number of ether oxygens (including phenoxy) is 1. The summed E-state index contributed by atoms with van der Waals surface area (Å²) < 4.78 is 28.8. The molecule has 0 bridgehead atoms. The summed E-state index contributed by atoms with van der Waals surface area (Å²) in [5.41, 5.74) is 2.28. The molecule has 1 heterocycles. The molecule has 6 nitrogen and oxygen atoms in total. The van der Waals surface area contributed by atoms with Gasteiger partial charge in [0, 0.05) is 19.6 Å². The third-order valence-electron chi connectivity index (χ3n) is 4.07. The van der Waals surface area contributed by atoms with Crippen molar-refractivity contribution in [3.05, 3.63) is 29.3 Å². The number of para-hydroxylation sites is 1. The number of hydrogen-bond acceptors (Lipinski definition) is 4. The van der Waals surface area contributed by atoms with Gasteiger partial charge < -0.3 is 15.4 Å². The monoisotopic (exact) mass is 353 g/mol. The minimum absolute atomic E-state index is 0.0490. The first kappa shape index (κ1) is 18.6. The molecule has 7 heteroatoms. The fourth-order valence-corrected chi connectivity index (χ4v) is 4.45. The van der Waals surface area contributed by atoms with Crippen LogP contribution in [0.4, 0.5) is 0 Å². The van der Waals surface area contributed by atoms with E-state index in [0.29, 0.717) is 25.5 Å². The van der Waals surface area contributed by atoms with E-state index in [1.54, 1.807) is 7.05 Å². The fourth-order valence-electron chi connectivity index (χ4n) is 2.78. The summed E-state index contributed by atoms with van der Waals surface area (Å²) in [6.45, 7) is 5.42.